The number of sulfonamides is 1. The zero-order chi connectivity index (χ0) is 17.0. The van der Waals surface area contributed by atoms with Gasteiger partial charge in [-0.1, -0.05) is 49.2 Å². The molecule has 0 amide bonds. The highest BCUT2D eigenvalue weighted by molar-refractivity contribution is 7.89. The Morgan fingerprint density at radius 1 is 1.00 bits per heavy atom. The predicted octanol–water partition coefficient (Wildman–Crippen LogP) is 3.49. The minimum Gasteiger partial charge on any atom is -0.496 e. The Morgan fingerprint density at radius 2 is 1.62 bits per heavy atom. The molecule has 0 aliphatic heterocycles. The smallest absolute Gasteiger partial charge is 0.240 e. The fourth-order valence-corrected chi connectivity index (χ4v) is 4.74. The summed E-state index contributed by atoms with van der Waals surface area (Å²) in [6, 6.07) is 16.5. The molecule has 0 aromatic heterocycles. The van der Waals surface area contributed by atoms with Crippen LogP contribution in [0.25, 0.3) is 0 Å². The van der Waals surface area contributed by atoms with E-state index in [2.05, 4.69) is 10.8 Å². The van der Waals surface area contributed by atoms with E-state index in [1.807, 2.05) is 24.3 Å². The normalized spacial score (nSPS) is 16.9. The van der Waals surface area contributed by atoms with Crippen LogP contribution < -0.4 is 9.46 Å². The lowest BCUT2D eigenvalue weighted by molar-refractivity contribution is 0.372. The number of hydrogen-bond donors (Lipinski definition) is 1. The van der Waals surface area contributed by atoms with Crippen LogP contribution in [0.4, 0.5) is 0 Å². The molecule has 128 valence electrons. The predicted molar refractivity (Wildman–Crippen MR) is 94.8 cm³/mol. The van der Waals surface area contributed by atoms with Gasteiger partial charge >= 0.3 is 0 Å². The van der Waals surface area contributed by atoms with E-state index in [0.29, 0.717) is 11.4 Å². The Labute approximate surface area is 143 Å². The van der Waals surface area contributed by atoms with Gasteiger partial charge in [0.15, 0.2) is 0 Å². The van der Waals surface area contributed by atoms with Crippen molar-refractivity contribution in [2.75, 3.05) is 13.7 Å². The number of rotatable bonds is 6. The molecule has 0 atom stereocenters. The van der Waals surface area contributed by atoms with E-state index in [-0.39, 0.29) is 5.41 Å². The summed E-state index contributed by atoms with van der Waals surface area (Å²) in [5, 5.41) is 0. The second kappa shape index (κ2) is 6.95. The van der Waals surface area contributed by atoms with Crippen molar-refractivity contribution in [1.82, 2.24) is 4.72 Å². The van der Waals surface area contributed by atoms with Gasteiger partial charge in [-0.25, -0.2) is 13.1 Å². The number of benzene rings is 2. The maximum atomic E-state index is 12.6. The van der Waals surface area contributed by atoms with Gasteiger partial charge in [-0.15, -0.1) is 0 Å². The summed E-state index contributed by atoms with van der Waals surface area (Å²) < 4.78 is 33.5. The van der Waals surface area contributed by atoms with Gasteiger partial charge in [0, 0.05) is 17.5 Å². The molecular formula is C19H23NO3S. The lowest BCUT2D eigenvalue weighted by Crippen LogP contribution is -2.39. The molecule has 0 saturated heterocycles. The molecule has 24 heavy (non-hydrogen) atoms. The molecule has 1 aliphatic carbocycles. The number of methoxy groups -OCH3 is 1. The van der Waals surface area contributed by atoms with Crippen molar-refractivity contribution in [3.63, 3.8) is 0 Å². The molecule has 1 saturated carbocycles. The molecule has 5 heteroatoms. The van der Waals surface area contributed by atoms with Crippen LogP contribution in [0, 0.1) is 0 Å². The average molecular weight is 345 g/mol. The first-order chi connectivity index (χ1) is 11.6. The average Bonchev–Trinajstić information content (AvgIpc) is 3.11. The first kappa shape index (κ1) is 17.0. The highest BCUT2D eigenvalue weighted by Gasteiger charge is 2.38. The third-order valence-electron chi connectivity index (χ3n) is 4.89. The van der Waals surface area contributed by atoms with Crippen molar-refractivity contribution in [1.29, 1.82) is 0 Å². The Kier molecular flexibility index (Phi) is 4.92. The Balaban J connectivity index is 1.88. The summed E-state index contributed by atoms with van der Waals surface area (Å²) in [7, 11) is -1.84. The standard InChI is InChI=1S/C19H23NO3S/c1-23-18-12-6-5-11-17(18)19(13-7-8-14-19)15-20-24(21,22)16-9-3-2-4-10-16/h2-6,9-12,20H,7-8,13-15H2,1H3. The molecule has 4 nitrogen and oxygen atoms in total. The molecule has 3 rings (SSSR count). The number of nitrogens with one attached hydrogen (secondary N) is 1. The maximum Gasteiger partial charge on any atom is 0.240 e. The zero-order valence-corrected chi connectivity index (χ0v) is 14.7. The molecule has 0 heterocycles. The van der Waals surface area contributed by atoms with Crippen molar-refractivity contribution >= 4 is 10.0 Å². The summed E-state index contributed by atoms with van der Waals surface area (Å²) in [6.45, 7) is 0.393. The van der Waals surface area contributed by atoms with Crippen molar-refractivity contribution in [3.05, 3.63) is 60.2 Å². The van der Waals surface area contributed by atoms with Gasteiger partial charge in [-0.3, -0.25) is 0 Å². The quantitative estimate of drug-likeness (QED) is 0.872. The molecule has 0 spiro atoms. The second-order valence-electron chi connectivity index (χ2n) is 6.33. The number of ether oxygens (including phenoxy) is 1. The van der Waals surface area contributed by atoms with Crippen LogP contribution in [0.15, 0.2) is 59.5 Å². The van der Waals surface area contributed by atoms with Crippen LogP contribution in [0.3, 0.4) is 0 Å². The molecule has 1 N–H and O–H groups in total. The molecule has 0 radical (unpaired) electrons. The third-order valence-corrected chi connectivity index (χ3v) is 6.31. The van der Waals surface area contributed by atoms with E-state index in [1.54, 1.807) is 31.4 Å². The molecule has 0 bridgehead atoms. The van der Waals surface area contributed by atoms with Crippen LogP contribution in [0.5, 0.6) is 5.75 Å². The van der Waals surface area contributed by atoms with Crippen LogP contribution >= 0.6 is 0 Å². The van der Waals surface area contributed by atoms with E-state index in [9.17, 15) is 8.42 Å². The summed E-state index contributed by atoms with van der Waals surface area (Å²) in [4.78, 5) is 0.304. The van der Waals surface area contributed by atoms with Crippen molar-refractivity contribution < 1.29 is 13.2 Å². The molecule has 1 fully saturated rings. The highest BCUT2D eigenvalue weighted by Crippen LogP contribution is 2.44. The largest absolute Gasteiger partial charge is 0.496 e. The van der Waals surface area contributed by atoms with Crippen LogP contribution in [-0.2, 0) is 15.4 Å². The Morgan fingerprint density at radius 3 is 2.29 bits per heavy atom. The Hall–Kier alpha value is -1.85. The van der Waals surface area contributed by atoms with Crippen LogP contribution in [0.1, 0.15) is 31.2 Å². The van der Waals surface area contributed by atoms with Gasteiger partial charge < -0.3 is 4.74 Å². The van der Waals surface area contributed by atoms with E-state index in [1.165, 1.54) is 0 Å². The molecule has 0 unspecified atom stereocenters. The highest BCUT2D eigenvalue weighted by atomic mass is 32.2. The van der Waals surface area contributed by atoms with Crippen molar-refractivity contribution in [2.45, 2.75) is 36.0 Å². The first-order valence-corrected chi connectivity index (χ1v) is 9.74. The number of para-hydroxylation sites is 1. The van der Waals surface area contributed by atoms with Gasteiger partial charge in [0.05, 0.1) is 12.0 Å². The maximum absolute atomic E-state index is 12.6. The third kappa shape index (κ3) is 3.32. The summed E-state index contributed by atoms with van der Waals surface area (Å²) in [6.07, 6.45) is 4.13. The first-order valence-electron chi connectivity index (χ1n) is 8.26. The minimum absolute atomic E-state index is 0.200. The molecular weight excluding hydrogens is 322 g/mol. The van der Waals surface area contributed by atoms with Crippen LogP contribution in [-0.4, -0.2) is 22.1 Å². The van der Waals surface area contributed by atoms with Gasteiger partial charge in [0.1, 0.15) is 5.75 Å². The fraction of sp³-hybridized carbons (Fsp3) is 0.368. The van der Waals surface area contributed by atoms with E-state index in [0.717, 1.165) is 37.0 Å². The summed E-state index contributed by atoms with van der Waals surface area (Å²) in [5.74, 6) is 0.832. The van der Waals surface area contributed by atoms with Gasteiger partial charge in [-0.05, 0) is 31.0 Å². The van der Waals surface area contributed by atoms with Crippen molar-refractivity contribution in [3.8, 4) is 5.75 Å². The molecule has 1 aliphatic rings. The SMILES string of the molecule is COc1ccccc1C1(CNS(=O)(=O)c2ccccc2)CCCC1. The minimum atomic E-state index is -3.50. The van der Waals surface area contributed by atoms with Gasteiger partial charge in [-0.2, -0.15) is 0 Å². The topological polar surface area (TPSA) is 55.4 Å². The van der Waals surface area contributed by atoms with E-state index in [4.69, 9.17) is 4.74 Å². The Bertz CT molecular complexity index is 781. The fourth-order valence-electron chi connectivity index (χ4n) is 3.59. The van der Waals surface area contributed by atoms with E-state index < -0.39 is 10.0 Å². The van der Waals surface area contributed by atoms with Crippen molar-refractivity contribution in [2.24, 2.45) is 0 Å². The van der Waals surface area contributed by atoms with Crippen LogP contribution in [0.2, 0.25) is 0 Å². The number of hydrogen-bond acceptors (Lipinski definition) is 3. The van der Waals surface area contributed by atoms with Gasteiger partial charge in [0.25, 0.3) is 0 Å². The summed E-state index contributed by atoms with van der Waals surface area (Å²) in [5.41, 5.74) is 0.898. The lowest BCUT2D eigenvalue weighted by Gasteiger charge is -2.31. The van der Waals surface area contributed by atoms with E-state index >= 15 is 0 Å². The molecule has 2 aromatic carbocycles. The lowest BCUT2D eigenvalue weighted by atomic mass is 9.78. The second-order valence-corrected chi connectivity index (χ2v) is 8.09. The molecule has 2 aromatic rings. The zero-order valence-electron chi connectivity index (χ0n) is 13.9. The monoisotopic (exact) mass is 345 g/mol. The van der Waals surface area contributed by atoms with Gasteiger partial charge in [0.2, 0.25) is 10.0 Å². The summed E-state index contributed by atoms with van der Waals surface area (Å²) >= 11 is 0.